The third kappa shape index (κ3) is 5.69. The molecule has 0 bridgehead atoms. The minimum atomic E-state index is -0.137. The van der Waals surface area contributed by atoms with Crippen molar-refractivity contribution in [3.63, 3.8) is 0 Å². The molecule has 1 aliphatic carbocycles. The molecule has 0 unspecified atom stereocenters. The molecule has 21 heavy (non-hydrogen) atoms. The quantitative estimate of drug-likeness (QED) is 0.532. The number of hydrogen-bond acceptors (Lipinski definition) is 3. The lowest BCUT2D eigenvalue weighted by atomic mass is 10.1. The summed E-state index contributed by atoms with van der Waals surface area (Å²) in [6.45, 7) is 0.813. The number of halogens is 1. The first-order valence-electron chi connectivity index (χ1n) is 7.25. The van der Waals surface area contributed by atoms with Crippen LogP contribution in [-0.4, -0.2) is 30.3 Å². The number of rotatable bonds is 7. The maximum atomic E-state index is 11.7. The zero-order valence-electron chi connectivity index (χ0n) is 11.8. The Bertz CT molecular complexity index is 490. The van der Waals surface area contributed by atoms with E-state index in [1.165, 1.54) is 4.88 Å². The van der Waals surface area contributed by atoms with Gasteiger partial charge in [-0.15, -0.1) is 11.3 Å². The SMILES string of the molecule is O=C(NCCCCc1ccc(Cl)s1)N[C@@H]1C=C[C@H](CO)C1. The van der Waals surface area contributed by atoms with E-state index in [0.29, 0.717) is 6.54 Å². The van der Waals surface area contributed by atoms with Crippen LogP contribution < -0.4 is 10.6 Å². The fourth-order valence-electron chi connectivity index (χ4n) is 2.35. The maximum Gasteiger partial charge on any atom is 0.315 e. The van der Waals surface area contributed by atoms with Crippen LogP contribution in [0.25, 0.3) is 0 Å². The summed E-state index contributed by atoms with van der Waals surface area (Å²) in [4.78, 5) is 13.0. The molecule has 1 heterocycles. The van der Waals surface area contributed by atoms with Crippen LogP contribution in [0.5, 0.6) is 0 Å². The predicted molar refractivity (Wildman–Crippen MR) is 86.9 cm³/mol. The van der Waals surface area contributed by atoms with E-state index in [1.54, 1.807) is 11.3 Å². The highest BCUT2D eigenvalue weighted by Gasteiger charge is 2.19. The fourth-order valence-corrected chi connectivity index (χ4v) is 3.48. The van der Waals surface area contributed by atoms with Gasteiger partial charge in [-0.25, -0.2) is 4.79 Å². The van der Waals surface area contributed by atoms with Crippen molar-refractivity contribution in [2.24, 2.45) is 5.92 Å². The van der Waals surface area contributed by atoms with E-state index >= 15 is 0 Å². The predicted octanol–water partition coefficient (Wildman–Crippen LogP) is 2.96. The summed E-state index contributed by atoms with van der Waals surface area (Å²) in [6, 6.07) is 3.87. The molecule has 4 nitrogen and oxygen atoms in total. The number of unbranched alkanes of at least 4 members (excludes halogenated alkanes) is 1. The standard InChI is InChI=1S/C15H21ClN2O2S/c16-14-7-6-13(21-14)3-1-2-8-17-15(20)18-12-5-4-11(9-12)10-19/h4-7,11-12,19H,1-3,8-10H2,(H2,17,18,20)/t11-,12+/m0/s1. The molecule has 0 radical (unpaired) electrons. The number of thiophene rings is 1. The number of carbonyl (C=O) groups is 1. The van der Waals surface area contributed by atoms with Crippen LogP contribution in [0.3, 0.4) is 0 Å². The number of hydrogen-bond donors (Lipinski definition) is 3. The first-order chi connectivity index (χ1) is 10.2. The molecular formula is C15H21ClN2O2S. The average Bonchev–Trinajstić information content (AvgIpc) is 3.07. The van der Waals surface area contributed by atoms with E-state index in [0.717, 1.165) is 30.0 Å². The number of aliphatic hydroxyl groups excluding tert-OH is 1. The molecule has 6 heteroatoms. The maximum absolute atomic E-state index is 11.7. The lowest BCUT2D eigenvalue weighted by Gasteiger charge is -2.13. The Hall–Kier alpha value is -1.04. The molecule has 3 N–H and O–H groups in total. The van der Waals surface area contributed by atoms with Crippen molar-refractivity contribution in [1.82, 2.24) is 10.6 Å². The van der Waals surface area contributed by atoms with E-state index in [1.807, 2.05) is 18.2 Å². The Morgan fingerprint density at radius 3 is 2.90 bits per heavy atom. The van der Waals surface area contributed by atoms with Gasteiger partial charge in [0.25, 0.3) is 0 Å². The highest BCUT2D eigenvalue weighted by atomic mass is 35.5. The Morgan fingerprint density at radius 2 is 2.24 bits per heavy atom. The molecule has 2 rings (SSSR count). The summed E-state index contributed by atoms with van der Waals surface area (Å²) in [5.41, 5.74) is 0. The van der Waals surface area contributed by atoms with Crippen LogP contribution in [0.15, 0.2) is 24.3 Å². The van der Waals surface area contributed by atoms with Crippen molar-refractivity contribution in [2.75, 3.05) is 13.2 Å². The van der Waals surface area contributed by atoms with Gasteiger partial charge in [0.15, 0.2) is 0 Å². The Labute approximate surface area is 134 Å². The topological polar surface area (TPSA) is 61.4 Å². The molecule has 2 atom stereocenters. The van der Waals surface area contributed by atoms with Gasteiger partial charge >= 0.3 is 6.03 Å². The molecule has 1 aliphatic rings. The van der Waals surface area contributed by atoms with Crippen molar-refractivity contribution in [2.45, 2.75) is 31.7 Å². The van der Waals surface area contributed by atoms with Gasteiger partial charge in [0.05, 0.1) is 4.34 Å². The lowest BCUT2D eigenvalue weighted by Crippen LogP contribution is -2.41. The van der Waals surface area contributed by atoms with Crippen molar-refractivity contribution in [3.05, 3.63) is 33.5 Å². The first-order valence-corrected chi connectivity index (χ1v) is 8.44. The van der Waals surface area contributed by atoms with Crippen LogP contribution in [0, 0.1) is 5.92 Å². The minimum absolute atomic E-state index is 0.0374. The number of urea groups is 1. The van der Waals surface area contributed by atoms with Gasteiger partial charge in [0, 0.05) is 30.0 Å². The second kappa shape index (κ2) is 8.41. The number of carbonyl (C=O) groups excluding carboxylic acids is 1. The molecule has 1 aromatic heterocycles. The molecule has 116 valence electrons. The van der Waals surface area contributed by atoms with E-state index in [9.17, 15) is 4.79 Å². The number of nitrogens with one attached hydrogen (secondary N) is 2. The van der Waals surface area contributed by atoms with Gasteiger partial charge in [-0.2, -0.15) is 0 Å². The van der Waals surface area contributed by atoms with Gasteiger partial charge in [-0.3, -0.25) is 0 Å². The summed E-state index contributed by atoms with van der Waals surface area (Å²) in [6.07, 6.45) is 7.67. The largest absolute Gasteiger partial charge is 0.396 e. The van der Waals surface area contributed by atoms with Crippen molar-refractivity contribution >= 4 is 29.0 Å². The third-order valence-corrected chi connectivity index (χ3v) is 4.78. The van der Waals surface area contributed by atoms with Gasteiger partial charge in [0.1, 0.15) is 0 Å². The fraction of sp³-hybridized carbons (Fsp3) is 0.533. The van der Waals surface area contributed by atoms with Crippen molar-refractivity contribution in [1.29, 1.82) is 0 Å². The summed E-state index contributed by atoms with van der Waals surface area (Å²) in [5.74, 6) is 0.174. The minimum Gasteiger partial charge on any atom is -0.396 e. The Balaban J connectivity index is 1.52. The number of aliphatic hydroxyl groups is 1. The molecule has 0 spiro atoms. The molecular weight excluding hydrogens is 308 g/mol. The summed E-state index contributed by atoms with van der Waals surface area (Å²) in [5, 5.41) is 14.8. The molecule has 0 saturated heterocycles. The van der Waals surface area contributed by atoms with Gasteiger partial charge in [0.2, 0.25) is 0 Å². The smallest absolute Gasteiger partial charge is 0.315 e. The second-order valence-corrected chi connectivity index (χ2v) is 7.03. The average molecular weight is 329 g/mol. The normalized spacial score (nSPS) is 20.7. The highest BCUT2D eigenvalue weighted by Crippen LogP contribution is 2.22. The molecule has 0 aromatic carbocycles. The molecule has 1 aromatic rings. The molecule has 2 amide bonds. The molecule has 0 saturated carbocycles. The van der Waals surface area contributed by atoms with Gasteiger partial charge in [-0.1, -0.05) is 23.8 Å². The Kier molecular flexibility index (Phi) is 6.54. The summed E-state index contributed by atoms with van der Waals surface area (Å²) >= 11 is 7.49. The van der Waals surface area contributed by atoms with Crippen LogP contribution in [-0.2, 0) is 6.42 Å². The molecule has 0 aliphatic heterocycles. The van der Waals surface area contributed by atoms with Crippen LogP contribution >= 0.6 is 22.9 Å². The van der Waals surface area contributed by atoms with Crippen molar-refractivity contribution < 1.29 is 9.90 Å². The second-order valence-electron chi connectivity index (χ2n) is 5.23. The van der Waals surface area contributed by atoms with Gasteiger partial charge < -0.3 is 15.7 Å². The number of aryl methyl sites for hydroxylation is 1. The van der Waals surface area contributed by atoms with E-state index in [2.05, 4.69) is 16.7 Å². The zero-order valence-corrected chi connectivity index (χ0v) is 13.4. The van der Waals surface area contributed by atoms with Crippen molar-refractivity contribution in [3.8, 4) is 0 Å². The lowest BCUT2D eigenvalue weighted by molar-refractivity contribution is 0.231. The highest BCUT2D eigenvalue weighted by molar-refractivity contribution is 7.16. The monoisotopic (exact) mass is 328 g/mol. The zero-order chi connectivity index (χ0) is 15.1. The van der Waals surface area contributed by atoms with Crippen LogP contribution in [0.1, 0.15) is 24.1 Å². The Morgan fingerprint density at radius 1 is 1.38 bits per heavy atom. The van der Waals surface area contributed by atoms with Crippen LogP contribution in [0.4, 0.5) is 4.79 Å². The van der Waals surface area contributed by atoms with Gasteiger partial charge in [-0.05, 0) is 37.8 Å². The third-order valence-electron chi connectivity index (χ3n) is 3.49. The van der Waals surface area contributed by atoms with E-state index in [4.69, 9.17) is 16.7 Å². The van der Waals surface area contributed by atoms with E-state index < -0.39 is 0 Å². The first kappa shape index (κ1) is 16.3. The summed E-state index contributed by atoms with van der Waals surface area (Å²) < 4.78 is 0.827. The number of amides is 2. The summed E-state index contributed by atoms with van der Waals surface area (Å²) in [7, 11) is 0. The molecule has 0 fully saturated rings. The van der Waals surface area contributed by atoms with Crippen LogP contribution in [0.2, 0.25) is 4.34 Å². The van der Waals surface area contributed by atoms with E-state index in [-0.39, 0.29) is 24.6 Å².